The summed E-state index contributed by atoms with van der Waals surface area (Å²) in [5.74, 6) is -0.900. The van der Waals surface area contributed by atoms with Gasteiger partial charge in [0.15, 0.2) is 0 Å². The zero-order valence-electron chi connectivity index (χ0n) is 20.4. The average Bonchev–Trinajstić information content (AvgIpc) is 2.86. The van der Waals surface area contributed by atoms with Crippen molar-refractivity contribution in [3.05, 3.63) is 111 Å². The summed E-state index contributed by atoms with van der Waals surface area (Å²) in [7, 11) is 0. The predicted octanol–water partition coefficient (Wildman–Crippen LogP) is 7.10. The fraction of sp³-hybridized carbons (Fsp3) is 0.167. The zero-order valence-corrected chi connectivity index (χ0v) is 21.9. The molecule has 1 aliphatic rings. The Kier molecular flexibility index (Phi) is 6.76. The molecule has 1 aliphatic heterocycles. The van der Waals surface area contributed by atoms with E-state index in [4.69, 9.17) is 23.2 Å². The van der Waals surface area contributed by atoms with Crippen LogP contribution in [0.1, 0.15) is 48.6 Å². The molecular weight excluding hydrogens is 507 g/mol. The van der Waals surface area contributed by atoms with Crippen molar-refractivity contribution in [2.24, 2.45) is 0 Å². The van der Waals surface area contributed by atoms with Crippen LogP contribution in [0.4, 0.5) is 5.69 Å². The van der Waals surface area contributed by atoms with Gasteiger partial charge in [0.2, 0.25) is 0 Å². The number of halogens is 2. The molecule has 4 aromatic carbocycles. The standard InChI is InChI=1S/C30H24Cl2N2O3/c1-18-10-11-26(19(2)14-18)33(28(35)21-15-22(31)17-23(32)16-21)12-5-13-34-29(36)24-8-3-6-20-7-4-9-25(27(20)24)30(34)37/h3-4,6-11,14-17H,5,12-13H2,1-2H3. The van der Waals surface area contributed by atoms with Gasteiger partial charge in [-0.2, -0.15) is 0 Å². The van der Waals surface area contributed by atoms with Gasteiger partial charge in [-0.3, -0.25) is 19.3 Å². The molecule has 7 heteroatoms. The topological polar surface area (TPSA) is 57.7 Å². The molecule has 0 bridgehead atoms. The molecule has 0 aromatic heterocycles. The van der Waals surface area contributed by atoms with E-state index in [-0.39, 0.29) is 30.8 Å². The molecule has 37 heavy (non-hydrogen) atoms. The van der Waals surface area contributed by atoms with Crippen LogP contribution in [0.15, 0.2) is 72.8 Å². The first-order valence-corrected chi connectivity index (χ1v) is 12.7. The normalized spacial score (nSPS) is 12.8. The number of rotatable bonds is 6. The van der Waals surface area contributed by atoms with Crippen molar-refractivity contribution in [2.75, 3.05) is 18.0 Å². The number of carbonyl (C=O) groups excluding carboxylic acids is 3. The summed E-state index contributed by atoms with van der Waals surface area (Å²) >= 11 is 12.3. The maximum atomic E-state index is 13.6. The molecule has 5 nitrogen and oxygen atoms in total. The molecule has 0 spiro atoms. The first kappa shape index (κ1) is 25.0. The molecule has 5 rings (SSSR count). The summed E-state index contributed by atoms with van der Waals surface area (Å²) in [4.78, 5) is 43.1. The highest BCUT2D eigenvalue weighted by molar-refractivity contribution is 6.35. The molecule has 0 fully saturated rings. The minimum Gasteiger partial charge on any atom is -0.308 e. The van der Waals surface area contributed by atoms with E-state index < -0.39 is 0 Å². The van der Waals surface area contributed by atoms with Gasteiger partial charge in [0.1, 0.15) is 0 Å². The molecule has 0 unspecified atom stereocenters. The second kappa shape index (κ2) is 10.0. The van der Waals surface area contributed by atoms with Crippen molar-refractivity contribution in [1.82, 2.24) is 4.90 Å². The molecule has 1 heterocycles. The Morgan fingerprint density at radius 3 is 2.05 bits per heavy atom. The van der Waals surface area contributed by atoms with E-state index in [1.165, 1.54) is 4.90 Å². The number of nitrogens with zero attached hydrogens (tertiary/aromatic N) is 2. The van der Waals surface area contributed by atoms with Crippen LogP contribution in [0.2, 0.25) is 10.0 Å². The van der Waals surface area contributed by atoms with Crippen LogP contribution in [0.3, 0.4) is 0 Å². The molecule has 0 aliphatic carbocycles. The van der Waals surface area contributed by atoms with Crippen molar-refractivity contribution in [3.63, 3.8) is 0 Å². The lowest BCUT2D eigenvalue weighted by atomic mass is 9.94. The van der Waals surface area contributed by atoms with Crippen molar-refractivity contribution in [3.8, 4) is 0 Å². The summed E-state index contributed by atoms with van der Waals surface area (Å²) in [5.41, 5.74) is 4.16. The summed E-state index contributed by atoms with van der Waals surface area (Å²) in [6.07, 6.45) is 0.392. The maximum Gasteiger partial charge on any atom is 0.261 e. The number of carbonyl (C=O) groups is 3. The molecule has 0 atom stereocenters. The lowest BCUT2D eigenvalue weighted by Gasteiger charge is -2.29. The monoisotopic (exact) mass is 530 g/mol. The molecule has 0 N–H and O–H groups in total. The molecule has 0 saturated heterocycles. The molecule has 186 valence electrons. The average molecular weight is 531 g/mol. The Bertz CT molecular complexity index is 1510. The minimum atomic E-state index is -0.319. The van der Waals surface area contributed by atoms with Crippen LogP contribution in [0, 0.1) is 13.8 Å². The number of imide groups is 1. The van der Waals surface area contributed by atoms with E-state index in [0.29, 0.717) is 38.5 Å². The third-order valence-electron chi connectivity index (χ3n) is 6.62. The first-order chi connectivity index (χ1) is 17.7. The number of benzene rings is 4. The van der Waals surface area contributed by atoms with Crippen LogP contribution >= 0.6 is 23.2 Å². The van der Waals surface area contributed by atoms with Crippen LogP contribution < -0.4 is 4.90 Å². The maximum absolute atomic E-state index is 13.6. The highest BCUT2D eigenvalue weighted by Gasteiger charge is 2.32. The Hall–Kier alpha value is -3.67. The van der Waals surface area contributed by atoms with Gasteiger partial charge >= 0.3 is 0 Å². The van der Waals surface area contributed by atoms with Crippen molar-refractivity contribution >= 4 is 57.4 Å². The second-order valence-electron chi connectivity index (χ2n) is 9.23. The summed E-state index contributed by atoms with van der Waals surface area (Å²) in [5, 5.41) is 2.30. The van der Waals surface area contributed by atoms with E-state index in [2.05, 4.69) is 0 Å². The molecular formula is C30H24Cl2N2O3. The number of anilines is 1. The van der Waals surface area contributed by atoms with Gasteiger partial charge in [0.25, 0.3) is 17.7 Å². The van der Waals surface area contributed by atoms with E-state index in [1.807, 2.05) is 56.3 Å². The molecule has 0 saturated carbocycles. The molecule has 0 radical (unpaired) electrons. The number of hydrogen-bond acceptors (Lipinski definition) is 3. The third-order valence-corrected chi connectivity index (χ3v) is 7.05. The van der Waals surface area contributed by atoms with Gasteiger partial charge in [0.05, 0.1) is 0 Å². The summed E-state index contributed by atoms with van der Waals surface area (Å²) in [6.45, 7) is 4.40. The summed E-state index contributed by atoms with van der Waals surface area (Å²) < 4.78 is 0. The SMILES string of the molecule is Cc1ccc(N(CCCN2C(=O)c3cccc4cccc(c34)C2=O)C(=O)c2cc(Cl)cc(Cl)c2)c(C)c1. The molecule has 4 aromatic rings. The Balaban J connectivity index is 1.42. The highest BCUT2D eigenvalue weighted by atomic mass is 35.5. The third kappa shape index (κ3) is 4.73. The second-order valence-corrected chi connectivity index (χ2v) is 10.1. The fourth-order valence-electron chi connectivity index (χ4n) is 4.94. The molecule has 3 amide bonds. The van der Waals surface area contributed by atoms with E-state index in [9.17, 15) is 14.4 Å². The first-order valence-electron chi connectivity index (χ1n) is 12.0. The van der Waals surface area contributed by atoms with E-state index in [1.54, 1.807) is 35.2 Å². The van der Waals surface area contributed by atoms with Gasteiger partial charge in [0, 0.05) is 50.9 Å². The van der Waals surface area contributed by atoms with Crippen molar-refractivity contribution < 1.29 is 14.4 Å². The van der Waals surface area contributed by atoms with E-state index >= 15 is 0 Å². The lowest BCUT2D eigenvalue weighted by molar-refractivity contribution is 0.0610. The van der Waals surface area contributed by atoms with Crippen molar-refractivity contribution in [2.45, 2.75) is 20.3 Å². The van der Waals surface area contributed by atoms with Gasteiger partial charge in [-0.15, -0.1) is 0 Å². The fourth-order valence-corrected chi connectivity index (χ4v) is 5.47. The van der Waals surface area contributed by atoms with Gasteiger partial charge in [-0.1, -0.05) is 65.2 Å². The van der Waals surface area contributed by atoms with Crippen LogP contribution in [0.5, 0.6) is 0 Å². The van der Waals surface area contributed by atoms with Crippen LogP contribution in [-0.2, 0) is 0 Å². The summed E-state index contributed by atoms with van der Waals surface area (Å²) in [6, 6.07) is 21.6. The van der Waals surface area contributed by atoms with Crippen LogP contribution in [0.25, 0.3) is 10.8 Å². The van der Waals surface area contributed by atoms with Gasteiger partial charge < -0.3 is 4.90 Å². The smallest absolute Gasteiger partial charge is 0.261 e. The number of hydrogen-bond donors (Lipinski definition) is 0. The predicted molar refractivity (Wildman–Crippen MR) is 148 cm³/mol. The Labute approximate surface area is 225 Å². The zero-order chi connectivity index (χ0) is 26.3. The largest absolute Gasteiger partial charge is 0.308 e. The number of aryl methyl sites for hydroxylation is 2. The van der Waals surface area contributed by atoms with Gasteiger partial charge in [-0.25, -0.2) is 0 Å². The lowest BCUT2D eigenvalue weighted by Crippen LogP contribution is -2.42. The highest BCUT2D eigenvalue weighted by Crippen LogP contribution is 2.31. The van der Waals surface area contributed by atoms with E-state index in [0.717, 1.165) is 22.2 Å². The quantitative estimate of drug-likeness (QED) is 0.250. The Morgan fingerprint density at radius 1 is 0.838 bits per heavy atom. The minimum absolute atomic E-state index is 0.174. The van der Waals surface area contributed by atoms with Crippen molar-refractivity contribution in [1.29, 1.82) is 0 Å². The number of amides is 3. The Morgan fingerprint density at radius 2 is 1.46 bits per heavy atom. The van der Waals surface area contributed by atoms with Gasteiger partial charge in [-0.05, 0) is 67.6 Å². The van der Waals surface area contributed by atoms with Crippen LogP contribution in [-0.4, -0.2) is 35.7 Å².